The highest BCUT2D eigenvalue weighted by atomic mass is 35.5. The second-order valence-electron chi connectivity index (χ2n) is 6.65. The van der Waals surface area contributed by atoms with Gasteiger partial charge in [0.15, 0.2) is 0 Å². The maximum absolute atomic E-state index is 11.5. The van der Waals surface area contributed by atoms with E-state index in [9.17, 15) is 9.90 Å². The SMILES string of the molecule is Cc1cc2cc(-c3cnccn3)ccc2c(-c2ccc(Cl)cc2)c1CC(=O)O. The second-order valence-corrected chi connectivity index (χ2v) is 7.09. The molecule has 138 valence electrons. The normalized spacial score (nSPS) is 10.9. The van der Waals surface area contributed by atoms with Gasteiger partial charge in [0, 0.05) is 23.0 Å². The fourth-order valence-corrected chi connectivity index (χ4v) is 3.65. The van der Waals surface area contributed by atoms with Gasteiger partial charge in [-0.25, -0.2) is 0 Å². The maximum atomic E-state index is 11.5. The average Bonchev–Trinajstić information content (AvgIpc) is 2.69. The van der Waals surface area contributed by atoms with Gasteiger partial charge in [-0.1, -0.05) is 41.9 Å². The van der Waals surface area contributed by atoms with Crippen LogP contribution in [0.25, 0.3) is 33.2 Å². The van der Waals surface area contributed by atoms with E-state index < -0.39 is 5.97 Å². The molecule has 0 amide bonds. The second kappa shape index (κ2) is 7.41. The van der Waals surface area contributed by atoms with Gasteiger partial charge in [-0.15, -0.1) is 0 Å². The van der Waals surface area contributed by atoms with Gasteiger partial charge in [0.2, 0.25) is 0 Å². The Balaban J connectivity index is 1.99. The molecule has 0 saturated heterocycles. The van der Waals surface area contributed by atoms with E-state index in [1.54, 1.807) is 18.6 Å². The molecule has 3 aromatic carbocycles. The molecule has 0 spiro atoms. The zero-order valence-electron chi connectivity index (χ0n) is 15.2. The fourth-order valence-electron chi connectivity index (χ4n) is 3.52. The number of benzene rings is 3. The Morgan fingerprint density at radius 3 is 2.46 bits per heavy atom. The van der Waals surface area contributed by atoms with Crippen LogP contribution < -0.4 is 0 Å². The van der Waals surface area contributed by atoms with Crippen LogP contribution in [0.4, 0.5) is 0 Å². The summed E-state index contributed by atoms with van der Waals surface area (Å²) in [6.45, 7) is 1.95. The highest BCUT2D eigenvalue weighted by molar-refractivity contribution is 6.30. The molecule has 0 unspecified atom stereocenters. The monoisotopic (exact) mass is 388 g/mol. The van der Waals surface area contributed by atoms with Crippen molar-refractivity contribution in [2.24, 2.45) is 0 Å². The number of hydrogen-bond donors (Lipinski definition) is 1. The first-order valence-electron chi connectivity index (χ1n) is 8.83. The zero-order valence-corrected chi connectivity index (χ0v) is 15.9. The average molecular weight is 389 g/mol. The van der Waals surface area contributed by atoms with Crippen molar-refractivity contribution < 1.29 is 9.90 Å². The molecule has 28 heavy (non-hydrogen) atoms. The van der Waals surface area contributed by atoms with Crippen LogP contribution in [0, 0.1) is 6.92 Å². The topological polar surface area (TPSA) is 63.1 Å². The number of aryl methyl sites for hydroxylation is 1. The first-order chi connectivity index (χ1) is 13.5. The molecule has 0 aliphatic carbocycles. The third kappa shape index (κ3) is 3.47. The van der Waals surface area contributed by atoms with Gasteiger partial charge in [-0.2, -0.15) is 0 Å². The number of aromatic nitrogens is 2. The lowest BCUT2D eigenvalue weighted by Gasteiger charge is -2.16. The summed E-state index contributed by atoms with van der Waals surface area (Å²) in [6.07, 6.45) is 5.00. The third-order valence-electron chi connectivity index (χ3n) is 4.79. The largest absolute Gasteiger partial charge is 0.481 e. The molecule has 0 radical (unpaired) electrons. The Bertz CT molecular complexity index is 1170. The number of hydrogen-bond acceptors (Lipinski definition) is 3. The summed E-state index contributed by atoms with van der Waals surface area (Å²) in [5, 5.41) is 12.1. The molecule has 0 bridgehead atoms. The van der Waals surface area contributed by atoms with Crippen molar-refractivity contribution in [3.05, 3.63) is 83.3 Å². The molecule has 0 saturated carbocycles. The molecule has 4 rings (SSSR count). The maximum Gasteiger partial charge on any atom is 0.307 e. The van der Waals surface area contributed by atoms with Crippen LogP contribution in [0.5, 0.6) is 0 Å². The molecule has 1 aromatic heterocycles. The Hall–Kier alpha value is -3.24. The lowest BCUT2D eigenvalue weighted by atomic mass is 9.88. The lowest BCUT2D eigenvalue weighted by molar-refractivity contribution is -0.136. The molecule has 0 fully saturated rings. The third-order valence-corrected chi connectivity index (χ3v) is 5.04. The smallest absolute Gasteiger partial charge is 0.307 e. The van der Waals surface area contributed by atoms with Crippen molar-refractivity contribution in [3.8, 4) is 22.4 Å². The van der Waals surface area contributed by atoms with Gasteiger partial charge in [0.25, 0.3) is 0 Å². The van der Waals surface area contributed by atoms with E-state index in [2.05, 4.69) is 16.0 Å². The van der Waals surface area contributed by atoms with Gasteiger partial charge in [0.1, 0.15) is 0 Å². The summed E-state index contributed by atoms with van der Waals surface area (Å²) >= 11 is 6.05. The van der Waals surface area contributed by atoms with E-state index in [1.807, 2.05) is 49.4 Å². The van der Waals surface area contributed by atoms with Gasteiger partial charge in [-0.3, -0.25) is 14.8 Å². The van der Waals surface area contributed by atoms with E-state index in [0.717, 1.165) is 44.3 Å². The Morgan fingerprint density at radius 1 is 1.04 bits per heavy atom. The lowest BCUT2D eigenvalue weighted by Crippen LogP contribution is -2.05. The quantitative estimate of drug-likeness (QED) is 0.497. The highest BCUT2D eigenvalue weighted by Crippen LogP contribution is 2.37. The van der Waals surface area contributed by atoms with E-state index >= 15 is 0 Å². The number of nitrogens with zero attached hydrogens (tertiary/aromatic N) is 2. The van der Waals surface area contributed by atoms with Crippen LogP contribution >= 0.6 is 11.6 Å². The van der Waals surface area contributed by atoms with Crippen LogP contribution in [0.1, 0.15) is 11.1 Å². The van der Waals surface area contributed by atoms with Crippen LogP contribution in [-0.2, 0) is 11.2 Å². The van der Waals surface area contributed by atoms with Crippen LogP contribution in [-0.4, -0.2) is 21.0 Å². The molecule has 1 heterocycles. The summed E-state index contributed by atoms with van der Waals surface area (Å²) in [6, 6.07) is 15.6. The minimum atomic E-state index is -0.853. The van der Waals surface area contributed by atoms with Gasteiger partial charge in [-0.05, 0) is 58.1 Å². The van der Waals surface area contributed by atoms with Crippen LogP contribution in [0.15, 0.2) is 67.1 Å². The number of carboxylic acids is 1. The van der Waals surface area contributed by atoms with Crippen molar-refractivity contribution in [1.82, 2.24) is 9.97 Å². The highest BCUT2D eigenvalue weighted by Gasteiger charge is 2.16. The first-order valence-corrected chi connectivity index (χ1v) is 9.21. The van der Waals surface area contributed by atoms with E-state index in [-0.39, 0.29) is 6.42 Å². The minimum absolute atomic E-state index is 0.0361. The molecular weight excluding hydrogens is 372 g/mol. The Labute approximate surface area is 167 Å². The molecule has 0 aliphatic rings. The van der Waals surface area contributed by atoms with E-state index in [1.165, 1.54) is 0 Å². The molecule has 0 aliphatic heterocycles. The fraction of sp³-hybridized carbons (Fsp3) is 0.0870. The van der Waals surface area contributed by atoms with Crippen molar-refractivity contribution in [3.63, 3.8) is 0 Å². The Kier molecular flexibility index (Phi) is 4.80. The van der Waals surface area contributed by atoms with Gasteiger partial charge in [0.05, 0.1) is 18.3 Å². The first kappa shape index (κ1) is 18.1. The summed E-state index contributed by atoms with van der Waals surface area (Å²) in [4.78, 5) is 20.0. The molecular formula is C23H17ClN2O2. The number of carboxylic acid groups (broad SMARTS) is 1. The Morgan fingerprint density at radius 2 is 1.79 bits per heavy atom. The summed E-state index contributed by atoms with van der Waals surface area (Å²) in [5.74, 6) is -0.853. The van der Waals surface area contributed by atoms with Crippen molar-refractivity contribution in [2.75, 3.05) is 0 Å². The minimum Gasteiger partial charge on any atom is -0.481 e. The van der Waals surface area contributed by atoms with Crippen molar-refractivity contribution >= 4 is 28.3 Å². The molecule has 4 nitrogen and oxygen atoms in total. The summed E-state index contributed by atoms with van der Waals surface area (Å²) in [5.41, 5.74) is 5.39. The molecule has 5 heteroatoms. The number of rotatable bonds is 4. The number of halogens is 1. The predicted molar refractivity (Wildman–Crippen MR) is 111 cm³/mol. The number of fused-ring (bicyclic) bond motifs is 1. The molecule has 4 aromatic rings. The predicted octanol–water partition coefficient (Wildman–Crippen LogP) is 5.55. The van der Waals surface area contributed by atoms with Crippen molar-refractivity contribution in [1.29, 1.82) is 0 Å². The van der Waals surface area contributed by atoms with Gasteiger partial charge < -0.3 is 5.11 Å². The van der Waals surface area contributed by atoms with Crippen LogP contribution in [0.3, 0.4) is 0 Å². The summed E-state index contributed by atoms with van der Waals surface area (Å²) < 4.78 is 0. The van der Waals surface area contributed by atoms with Gasteiger partial charge >= 0.3 is 5.97 Å². The van der Waals surface area contributed by atoms with Crippen LogP contribution in [0.2, 0.25) is 5.02 Å². The van der Waals surface area contributed by atoms with Crippen molar-refractivity contribution in [2.45, 2.75) is 13.3 Å². The standard InChI is InChI=1S/C23H17ClN2O2/c1-14-10-17-11-16(21-13-25-8-9-26-21)4-7-19(17)23(20(14)12-22(27)28)15-2-5-18(24)6-3-15/h2-11,13H,12H2,1H3,(H,27,28). The molecule has 0 atom stereocenters. The van der Waals surface area contributed by atoms with E-state index in [0.29, 0.717) is 5.02 Å². The summed E-state index contributed by atoms with van der Waals surface area (Å²) in [7, 11) is 0. The molecule has 1 N–H and O–H groups in total. The number of aliphatic carboxylic acids is 1. The van der Waals surface area contributed by atoms with E-state index in [4.69, 9.17) is 11.6 Å². The number of carbonyl (C=O) groups is 1. The zero-order chi connectivity index (χ0) is 19.7.